The van der Waals surface area contributed by atoms with Crippen LogP contribution in [0.1, 0.15) is 10.4 Å². The van der Waals surface area contributed by atoms with Gasteiger partial charge in [-0.05, 0) is 0 Å². The van der Waals surface area contributed by atoms with Gasteiger partial charge in [-0.25, -0.2) is 0 Å². The molecule has 3 heteroatoms. The first-order chi connectivity index (χ1) is 6.36. The number of para-hydroxylation sites is 1. The molecule has 1 heterocycles. The number of fused-ring (bicyclic) bond motifs is 1. The van der Waals surface area contributed by atoms with E-state index in [0.717, 1.165) is 27.5 Å². The molecule has 0 saturated carbocycles. The zero-order valence-corrected chi connectivity index (χ0v) is 8.82. The van der Waals surface area contributed by atoms with E-state index in [-0.39, 0.29) is 15.0 Å². The fraction of sp³-hybridized carbons (Fsp3) is 0.100. The van der Waals surface area contributed by atoms with Gasteiger partial charge in [0.1, 0.15) is 0 Å². The van der Waals surface area contributed by atoms with Crippen molar-refractivity contribution in [3.8, 4) is 0 Å². The fourth-order valence-electron chi connectivity index (χ4n) is 1.31. The van der Waals surface area contributed by atoms with Gasteiger partial charge in [0, 0.05) is 0 Å². The number of benzene rings is 1. The quantitative estimate of drug-likeness (QED) is 0.589. The normalized spacial score (nSPS) is 10.5. The molecule has 0 N–H and O–H groups in total. The Hall–Kier alpha value is -1.05. The van der Waals surface area contributed by atoms with Gasteiger partial charge in [-0.2, -0.15) is 0 Å². The molecule has 0 amide bonds. The summed E-state index contributed by atoms with van der Waals surface area (Å²) in [6.07, 6.45) is 0.881. The molecular formula is C10H8O2Se. The van der Waals surface area contributed by atoms with Crippen molar-refractivity contribution in [2.24, 2.45) is 0 Å². The van der Waals surface area contributed by atoms with Crippen molar-refractivity contribution in [2.45, 2.75) is 5.82 Å². The third-order valence-electron chi connectivity index (χ3n) is 1.90. The summed E-state index contributed by atoms with van der Waals surface area (Å²) in [5, 5.41) is 0.927. The molecule has 0 aliphatic rings. The summed E-state index contributed by atoms with van der Waals surface area (Å²) in [6, 6.07) is 7.62. The van der Waals surface area contributed by atoms with E-state index >= 15 is 0 Å². The van der Waals surface area contributed by atoms with Crippen LogP contribution in [0, 0.1) is 0 Å². The second kappa shape index (κ2) is 3.36. The maximum atomic E-state index is 10.8. The Balaban J connectivity index is 2.81. The van der Waals surface area contributed by atoms with E-state index in [1.807, 2.05) is 30.1 Å². The van der Waals surface area contributed by atoms with Crippen LogP contribution < -0.4 is 4.66 Å². The minimum absolute atomic E-state index is 0.231. The number of hydrogen-bond acceptors (Lipinski definition) is 2. The molecule has 0 unspecified atom stereocenters. The first-order valence-corrected chi connectivity index (χ1v) is 6.44. The molecule has 0 saturated heterocycles. The summed E-state index contributed by atoms with van der Waals surface area (Å²) in [5.74, 6) is 2.04. The zero-order chi connectivity index (χ0) is 9.26. The molecule has 0 aliphatic carbocycles. The van der Waals surface area contributed by atoms with Gasteiger partial charge in [0.15, 0.2) is 0 Å². The van der Waals surface area contributed by atoms with Crippen molar-refractivity contribution < 1.29 is 9.21 Å². The van der Waals surface area contributed by atoms with Gasteiger partial charge >= 0.3 is 81.7 Å². The Morgan fingerprint density at radius 3 is 2.85 bits per heavy atom. The molecule has 0 aliphatic heterocycles. The number of hydrogen-bond donors (Lipinski definition) is 0. The molecular weight excluding hydrogens is 231 g/mol. The molecule has 2 rings (SSSR count). The van der Waals surface area contributed by atoms with Crippen molar-refractivity contribution in [1.82, 2.24) is 0 Å². The van der Waals surface area contributed by atoms with Crippen LogP contribution in [0.15, 0.2) is 28.7 Å². The standard InChI is InChI=1S/C10H8O2Se/c1-13-10-8(6-11)7-4-2-3-5-9(7)12-10/h2-6H,1H3. The van der Waals surface area contributed by atoms with Crippen LogP contribution in [0.25, 0.3) is 11.0 Å². The van der Waals surface area contributed by atoms with Crippen molar-refractivity contribution in [1.29, 1.82) is 0 Å². The molecule has 66 valence electrons. The molecule has 0 radical (unpaired) electrons. The second-order valence-electron chi connectivity index (χ2n) is 2.62. The van der Waals surface area contributed by atoms with E-state index in [4.69, 9.17) is 4.42 Å². The van der Waals surface area contributed by atoms with Crippen LogP contribution in [-0.2, 0) is 0 Å². The SMILES string of the molecule is C[Se]c1oc2ccccc2c1C=O. The summed E-state index contributed by atoms with van der Waals surface area (Å²) in [6.45, 7) is 0. The summed E-state index contributed by atoms with van der Waals surface area (Å²) in [5.41, 5.74) is 1.53. The van der Waals surface area contributed by atoms with E-state index in [1.165, 1.54) is 0 Å². The van der Waals surface area contributed by atoms with E-state index < -0.39 is 0 Å². The molecule has 2 aromatic rings. The number of furan rings is 1. The Morgan fingerprint density at radius 2 is 2.15 bits per heavy atom. The summed E-state index contributed by atoms with van der Waals surface area (Å²) < 4.78 is 6.37. The van der Waals surface area contributed by atoms with Gasteiger partial charge in [-0.3, -0.25) is 0 Å². The van der Waals surface area contributed by atoms with Crippen LogP contribution in [-0.4, -0.2) is 21.2 Å². The number of aldehydes is 1. The van der Waals surface area contributed by atoms with Gasteiger partial charge in [0.2, 0.25) is 0 Å². The minimum atomic E-state index is 0.231. The molecule has 1 aromatic carbocycles. The number of carbonyl (C=O) groups is 1. The average Bonchev–Trinajstić information content (AvgIpc) is 2.55. The predicted molar refractivity (Wildman–Crippen MR) is 52.9 cm³/mol. The topological polar surface area (TPSA) is 30.2 Å². The third kappa shape index (κ3) is 1.30. The fourth-order valence-corrected chi connectivity index (χ4v) is 2.46. The Bertz CT molecular complexity index is 445. The third-order valence-corrected chi connectivity index (χ3v) is 3.32. The molecule has 2 nitrogen and oxygen atoms in total. The Morgan fingerprint density at radius 1 is 1.38 bits per heavy atom. The van der Waals surface area contributed by atoms with Gasteiger partial charge < -0.3 is 0 Å². The maximum absolute atomic E-state index is 10.8. The zero-order valence-electron chi connectivity index (χ0n) is 7.11. The second-order valence-corrected chi connectivity index (χ2v) is 4.26. The van der Waals surface area contributed by atoms with Crippen LogP contribution in [0.2, 0.25) is 5.82 Å². The van der Waals surface area contributed by atoms with E-state index in [1.54, 1.807) is 0 Å². The Kier molecular flexibility index (Phi) is 2.21. The van der Waals surface area contributed by atoms with Gasteiger partial charge in [-0.1, -0.05) is 0 Å². The van der Waals surface area contributed by atoms with Crippen LogP contribution in [0.4, 0.5) is 0 Å². The molecule has 0 bridgehead atoms. The molecule has 0 atom stereocenters. The first-order valence-electron chi connectivity index (χ1n) is 3.87. The number of carbonyl (C=O) groups excluding carboxylic acids is 1. The van der Waals surface area contributed by atoms with Crippen LogP contribution >= 0.6 is 0 Å². The summed E-state index contributed by atoms with van der Waals surface area (Å²) in [4.78, 5) is 10.8. The van der Waals surface area contributed by atoms with E-state index in [9.17, 15) is 4.79 Å². The predicted octanol–water partition coefficient (Wildman–Crippen LogP) is 1.62. The summed E-state index contributed by atoms with van der Waals surface area (Å²) >= 11 is 0.231. The molecule has 1 aromatic heterocycles. The van der Waals surface area contributed by atoms with Gasteiger partial charge in [-0.15, -0.1) is 0 Å². The number of rotatable bonds is 2. The monoisotopic (exact) mass is 240 g/mol. The van der Waals surface area contributed by atoms with Gasteiger partial charge in [0.05, 0.1) is 0 Å². The van der Waals surface area contributed by atoms with E-state index in [2.05, 4.69) is 0 Å². The summed E-state index contributed by atoms with van der Waals surface area (Å²) in [7, 11) is 0. The van der Waals surface area contributed by atoms with Crippen molar-refractivity contribution in [3.05, 3.63) is 29.8 Å². The molecule has 0 spiro atoms. The molecule has 0 fully saturated rings. The van der Waals surface area contributed by atoms with Crippen LogP contribution in [0.5, 0.6) is 0 Å². The molecule has 13 heavy (non-hydrogen) atoms. The Labute approximate surface area is 82.1 Å². The first kappa shape index (κ1) is 8.54. The van der Waals surface area contributed by atoms with Crippen molar-refractivity contribution >= 4 is 36.9 Å². The average molecular weight is 239 g/mol. The van der Waals surface area contributed by atoms with Gasteiger partial charge in [0.25, 0.3) is 0 Å². The van der Waals surface area contributed by atoms with Crippen LogP contribution in [0.3, 0.4) is 0 Å². The van der Waals surface area contributed by atoms with E-state index in [0.29, 0.717) is 0 Å². The van der Waals surface area contributed by atoms with Crippen molar-refractivity contribution in [2.75, 3.05) is 0 Å². The van der Waals surface area contributed by atoms with Crippen molar-refractivity contribution in [3.63, 3.8) is 0 Å².